The number of amides is 1. The molecule has 1 aromatic rings. The SMILES string of the molecule is CC1(C(=O)O)CCCCN1C(=O)c1cc(N)cc(Cl)c1. The van der Waals surface area contributed by atoms with Gasteiger partial charge in [0, 0.05) is 22.8 Å². The van der Waals surface area contributed by atoms with Crippen LogP contribution in [0.3, 0.4) is 0 Å². The minimum atomic E-state index is -1.17. The number of nitrogens with two attached hydrogens (primary N) is 1. The largest absolute Gasteiger partial charge is 0.480 e. The molecule has 0 spiro atoms. The number of likely N-dealkylation sites (tertiary alicyclic amines) is 1. The number of nitrogens with zero attached hydrogens (tertiary/aromatic N) is 1. The predicted molar refractivity (Wildman–Crippen MR) is 76.8 cm³/mol. The van der Waals surface area contributed by atoms with Crippen LogP contribution in [0.2, 0.25) is 5.02 Å². The summed E-state index contributed by atoms with van der Waals surface area (Å²) in [6.07, 6.45) is 2.04. The topological polar surface area (TPSA) is 83.6 Å². The summed E-state index contributed by atoms with van der Waals surface area (Å²) in [5.74, 6) is -1.33. The van der Waals surface area contributed by atoms with E-state index in [2.05, 4.69) is 0 Å². The van der Waals surface area contributed by atoms with Crippen molar-refractivity contribution in [3.8, 4) is 0 Å². The lowest BCUT2D eigenvalue weighted by molar-refractivity contribution is -0.150. The summed E-state index contributed by atoms with van der Waals surface area (Å²) in [7, 11) is 0. The van der Waals surface area contributed by atoms with Gasteiger partial charge in [-0.25, -0.2) is 4.79 Å². The molecular formula is C14H17ClN2O3. The molecule has 1 atom stereocenters. The van der Waals surface area contributed by atoms with Gasteiger partial charge >= 0.3 is 5.97 Å². The number of piperidine rings is 1. The van der Waals surface area contributed by atoms with E-state index in [4.69, 9.17) is 17.3 Å². The van der Waals surface area contributed by atoms with Crippen molar-refractivity contribution in [3.05, 3.63) is 28.8 Å². The number of carbonyl (C=O) groups is 2. The molecule has 5 nitrogen and oxygen atoms in total. The average molecular weight is 297 g/mol. The van der Waals surface area contributed by atoms with Crippen molar-refractivity contribution in [2.24, 2.45) is 0 Å². The van der Waals surface area contributed by atoms with E-state index in [1.165, 1.54) is 17.0 Å². The first-order valence-electron chi connectivity index (χ1n) is 6.46. The molecule has 0 radical (unpaired) electrons. The maximum absolute atomic E-state index is 12.6. The Kier molecular flexibility index (Phi) is 3.90. The van der Waals surface area contributed by atoms with Crippen LogP contribution in [0.4, 0.5) is 5.69 Å². The molecule has 1 aromatic carbocycles. The standard InChI is InChI=1S/C14H17ClN2O3/c1-14(13(19)20)4-2-3-5-17(14)12(18)9-6-10(15)8-11(16)7-9/h6-8H,2-5,16H2,1H3,(H,19,20). The average Bonchev–Trinajstić information content (AvgIpc) is 2.37. The molecule has 1 aliphatic rings. The monoisotopic (exact) mass is 296 g/mol. The van der Waals surface area contributed by atoms with Gasteiger partial charge < -0.3 is 15.7 Å². The molecule has 0 saturated carbocycles. The number of aliphatic carboxylic acids is 1. The zero-order valence-corrected chi connectivity index (χ0v) is 12.0. The smallest absolute Gasteiger partial charge is 0.329 e. The molecule has 1 heterocycles. The first-order chi connectivity index (χ1) is 9.34. The number of halogens is 1. The maximum atomic E-state index is 12.6. The number of hydrogen-bond donors (Lipinski definition) is 2. The number of nitrogen functional groups attached to an aromatic ring is 1. The number of benzene rings is 1. The van der Waals surface area contributed by atoms with Crippen molar-refractivity contribution in [1.82, 2.24) is 4.90 Å². The number of carboxylic acids is 1. The first-order valence-corrected chi connectivity index (χ1v) is 6.84. The van der Waals surface area contributed by atoms with Crippen LogP contribution in [0.25, 0.3) is 0 Å². The third-order valence-corrected chi connectivity index (χ3v) is 3.98. The highest BCUT2D eigenvalue weighted by Crippen LogP contribution is 2.30. The van der Waals surface area contributed by atoms with E-state index in [-0.39, 0.29) is 5.91 Å². The van der Waals surface area contributed by atoms with Crippen molar-refractivity contribution in [2.45, 2.75) is 31.7 Å². The van der Waals surface area contributed by atoms with Crippen LogP contribution in [0.5, 0.6) is 0 Å². The van der Waals surface area contributed by atoms with E-state index in [0.717, 1.165) is 12.8 Å². The second-order valence-electron chi connectivity index (χ2n) is 5.27. The van der Waals surface area contributed by atoms with Gasteiger partial charge in [-0.15, -0.1) is 0 Å². The minimum Gasteiger partial charge on any atom is -0.480 e. The third-order valence-electron chi connectivity index (χ3n) is 3.76. The lowest BCUT2D eigenvalue weighted by Crippen LogP contribution is -2.57. The van der Waals surface area contributed by atoms with Gasteiger partial charge in [0.2, 0.25) is 0 Å². The summed E-state index contributed by atoms with van der Waals surface area (Å²) < 4.78 is 0. The number of carboxylic acid groups (broad SMARTS) is 1. The number of rotatable bonds is 2. The summed E-state index contributed by atoms with van der Waals surface area (Å²) in [5.41, 5.74) is 5.22. The van der Waals surface area contributed by atoms with E-state index < -0.39 is 11.5 Å². The van der Waals surface area contributed by atoms with E-state index in [0.29, 0.717) is 29.2 Å². The Morgan fingerprint density at radius 3 is 2.65 bits per heavy atom. The highest BCUT2D eigenvalue weighted by atomic mass is 35.5. The van der Waals surface area contributed by atoms with E-state index >= 15 is 0 Å². The highest BCUT2D eigenvalue weighted by Gasteiger charge is 2.44. The van der Waals surface area contributed by atoms with Crippen molar-refractivity contribution in [2.75, 3.05) is 12.3 Å². The second kappa shape index (κ2) is 5.32. The Morgan fingerprint density at radius 1 is 1.35 bits per heavy atom. The van der Waals surface area contributed by atoms with Gasteiger partial charge in [0.05, 0.1) is 0 Å². The van der Waals surface area contributed by atoms with Gasteiger partial charge in [0.1, 0.15) is 5.54 Å². The number of hydrogen-bond acceptors (Lipinski definition) is 3. The second-order valence-corrected chi connectivity index (χ2v) is 5.70. The van der Waals surface area contributed by atoms with Gasteiger partial charge in [0.15, 0.2) is 0 Å². The van der Waals surface area contributed by atoms with Crippen molar-refractivity contribution >= 4 is 29.2 Å². The Bertz CT molecular complexity index is 541. The minimum absolute atomic E-state index is 0.323. The molecular weight excluding hydrogens is 280 g/mol. The Balaban J connectivity index is 2.37. The van der Waals surface area contributed by atoms with E-state index in [9.17, 15) is 14.7 Å². The number of carbonyl (C=O) groups excluding carboxylic acids is 1. The molecule has 1 aliphatic heterocycles. The van der Waals surface area contributed by atoms with E-state index in [1.807, 2.05) is 0 Å². The molecule has 1 unspecified atom stereocenters. The summed E-state index contributed by atoms with van der Waals surface area (Å²) in [5, 5.41) is 9.79. The lowest BCUT2D eigenvalue weighted by Gasteiger charge is -2.41. The van der Waals surface area contributed by atoms with Gasteiger partial charge in [-0.3, -0.25) is 4.79 Å². The molecule has 0 bridgehead atoms. The van der Waals surface area contributed by atoms with Gasteiger partial charge in [-0.05, 0) is 44.4 Å². The zero-order chi connectivity index (χ0) is 14.9. The molecule has 0 aromatic heterocycles. The van der Waals surface area contributed by atoms with Crippen LogP contribution in [0, 0.1) is 0 Å². The Labute approximate surface area is 122 Å². The predicted octanol–water partition coefficient (Wildman–Crippen LogP) is 2.39. The summed E-state index contributed by atoms with van der Waals surface area (Å²) in [4.78, 5) is 25.5. The molecule has 20 heavy (non-hydrogen) atoms. The molecule has 2 rings (SSSR count). The lowest BCUT2D eigenvalue weighted by atomic mass is 9.88. The molecule has 1 fully saturated rings. The van der Waals surface area contributed by atoms with Crippen LogP contribution in [0.15, 0.2) is 18.2 Å². The third kappa shape index (κ3) is 2.58. The fraction of sp³-hybridized carbons (Fsp3) is 0.429. The van der Waals surface area contributed by atoms with Gasteiger partial charge in [-0.2, -0.15) is 0 Å². The number of anilines is 1. The van der Waals surface area contributed by atoms with Crippen LogP contribution < -0.4 is 5.73 Å². The van der Waals surface area contributed by atoms with Crippen molar-refractivity contribution in [3.63, 3.8) is 0 Å². The summed E-state index contributed by atoms with van der Waals surface area (Å²) in [6, 6.07) is 4.58. The fourth-order valence-electron chi connectivity index (χ4n) is 2.56. The summed E-state index contributed by atoms with van der Waals surface area (Å²) in [6.45, 7) is 2.01. The molecule has 6 heteroatoms. The molecule has 108 valence electrons. The summed E-state index contributed by atoms with van der Waals surface area (Å²) >= 11 is 5.90. The fourth-order valence-corrected chi connectivity index (χ4v) is 2.80. The molecule has 1 saturated heterocycles. The van der Waals surface area contributed by atoms with Crippen LogP contribution in [-0.4, -0.2) is 34.0 Å². The van der Waals surface area contributed by atoms with Crippen LogP contribution in [-0.2, 0) is 4.79 Å². The van der Waals surface area contributed by atoms with Gasteiger partial charge in [0.25, 0.3) is 5.91 Å². The van der Waals surface area contributed by atoms with Crippen molar-refractivity contribution < 1.29 is 14.7 Å². The van der Waals surface area contributed by atoms with Gasteiger partial charge in [-0.1, -0.05) is 11.6 Å². The maximum Gasteiger partial charge on any atom is 0.329 e. The Morgan fingerprint density at radius 2 is 2.05 bits per heavy atom. The van der Waals surface area contributed by atoms with E-state index in [1.54, 1.807) is 13.0 Å². The molecule has 0 aliphatic carbocycles. The van der Waals surface area contributed by atoms with Crippen LogP contribution >= 0.6 is 11.6 Å². The zero-order valence-electron chi connectivity index (χ0n) is 11.2. The van der Waals surface area contributed by atoms with Crippen molar-refractivity contribution in [1.29, 1.82) is 0 Å². The molecule has 3 N–H and O–H groups in total. The Hall–Kier alpha value is -1.75. The first kappa shape index (κ1) is 14.7. The normalized spacial score (nSPS) is 22.6. The highest BCUT2D eigenvalue weighted by molar-refractivity contribution is 6.31. The molecule has 1 amide bonds. The quantitative estimate of drug-likeness (QED) is 0.821. The van der Waals surface area contributed by atoms with Crippen LogP contribution in [0.1, 0.15) is 36.5 Å².